The zero-order valence-electron chi connectivity index (χ0n) is 72.7. The maximum atomic E-state index is 14.4. The number of carbonyl (C=O) groups is 4. The SMILES string of the molecule is CNCC1(C(=O)Nc2cc3c(/C=C/c4ccc(F)cc4)n[nH]c3cc2F)CC1.CNCC1(C(=O)Nc2cc3c(/C=C/c4cccc(F)c4)n[nH]c3cc2F)CC1.CNCC1(C(=O)Nc2cc3c(/C=C/c4ccccc4F)n[nH]c3cc2F)CC1.CNCC1(C(=O)Nc2cc3c(/C=C/c4cccs4)n[nH]c3cc2F)CC1.Cn1nc(/C=C/c2ccc(F)c(F)c2)c2cc([N+](=O)[O-])c(F)cc21. The Balaban J connectivity index is 0.000000128. The van der Waals surface area contributed by atoms with Gasteiger partial charge in [0.2, 0.25) is 29.4 Å². The second-order valence-electron chi connectivity index (χ2n) is 33.1. The predicted molar refractivity (Wildman–Crippen MR) is 503 cm³/mol. The summed E-state index contributed by atoms with van der Waals surface area (Å²) in [6, 6.07) is 39.8. The largest absolute Gasteiger partial charge is 0.323 e. The molecule has 15 aromatic rings. The van der Waals surface area contributed by atoms with E-state index in [4.69, 9.17) is 0 Å². The van der Waals surface area contributed by atoms with Crippen LogP contribution in [0.2, 0.25) is 0 Å². The average Bonchev–Trinajstić information content (AvgIpc) is 1.65. The summed E-state index contributed by atoms with van der Waals surface area (Å²) in [5.41, 5.74) is 5.77. The fourth-order valence-electron chi connectivity index (χ4n) is 15.2. The van der Waals surface area contributed by atoms with E-state index >= 15 is 0 Å². The molecule has 6 aromatic heterocycles. The van der Waals surface area contributed by atoms with Gasteiger partial charge in [0.15, 0.2) is 11.6 Å². The van der Waals surface area contributed by atoms with Gasteiger partial charge in [-0.1, -0.05) is 72.8 Å². The molecule has 4 aliphatic rings. The Hall–Kier alpha value is -14.9. The Labute approximate surface area is 763 Å². The number of hydrogen-bond donors (Lipinski definition) is 12. The Morgan fingerprint density at radius 1 is 0.381 bits per heavy atom. The molecular weight excluding hydrogens is 1760 g/mol. The molecule has 36 heteroatoms. The highest BCUT2D eigenvalue weighted by molar-refractivity contribution is 7.10. The number of hydrogen-bond acceptors (Lipinski definition) is 16. The number of carbonyl (C=O) groups excluding carboxylic acids is 4. The van der Waals surface area contributed by atoms with Gasteiger partial charge in [-0.3, -0.25) is 54.4 Å². The van der Waals surface area contributed by atoms with E-state index < -0.39 is 73.0 Å². The van der Waals surface area contributed by atoms with Crippen molar-refractivity contribution in [3.05, 3.63) is 293 Å². The van der Waals surface area contributed by atoms with Crippen molar-refractivity contribution in [2.45, 2.75) is 51.4 Å². The lowest BCUT2D eigenvalue weighted by molar-refractivity contribution is -0.387. The van der Waals surface area contributed by atoms with Gasteiger partial charge < -0.3 is 42.5 Å². The number of nitro groups is 1. The fourth-order valence-corrected chi connectivity index (χ4v) is 15.9. The maximum absolute atomic E-state index is 14.4. The van der Waals surface area contributed by atoms with Crippen LogP contribution in [0.15, 0.2) is 169 Å². The van der Waals surface area contributed by atoms with Gasteiger partial charge in [-0.15, -0.1) is 11.3 Å². The number of aryl methyl sites for hydroxylation is 1. The van der Waals surface area contributed by atoms with Crippen LogP contribution in [0.25, 0.3) is 115 Å². The van der Waals surface area contributed by atoms with E-state index in [1.54, 1.807) is 143 Å². The fraction of sp³-hybridized carbons (Fsp3) is 0.214. The van der Waals surface area contributed by atoms with Gasteiger partial charge in [0, 0.05) is 107 Å². The van der Waals surface area contributed by atoms with Crippen molar-refractivity contribution in [3.8, 4) is 0 Å². The summed E-state index contributed by atoms with van der Waals surface area (Å²) >= 11 is 1.63. The first-order chi connectivity index (χ1) is 64.5. The lowest BCUT2D eigenvalue weighted by Gasteiger charge is -2.15. The van der Waals surface area contributed by atoms with Crippen LogP contribution >= 0.6 is 11.3 Å². The van der Waals surface area contributed by atoms with Crippen molar-refractivity contribution in [3.63, 3.8) is 0 Å². The Bertz CT molecular complexity index is 7110. The molecule has 0 atom stereocenters. The molecular formula is C98H89F10N19O6S. The first-order valence-corrected chi connectivity index (χ1v) is 43.4. The highest BCUT2D eigenvalue weighted by Crippen LogP contribution is 2.50. The maximum Gasteiger partial charge on any atom is 0.305 e. The van der Waals surface area contributed by atoms with Gasteiger partial charge in [-0.2, -0.15) is 29.9 Å². The van der Waals surface area contributed by atoms with Crippen LogP contribution in [-0.2, 0) is 26.2 Å². The number of benzene rings is 9. The monoisotopic (exact) mass is 1850 g/mol. The molecule has 4 amide bonds. The van der Waals surface area contributed by atoms with Crippen LogP contribution in [0.3, 0.4) is 0 Å². The van der Waals surface area contributed by atoms with Gasteiger partial charge in [0.25, 0.3) is 0 Å². The minimum atomic E-state index is -0.985. The molecule has 0 aliphatic heterocycles. The standard InChI is InChI=1S/3C21H20F2N4O.C19H19FN4OS.C16H10F3N3O2/c1-24-12-21(8-9-21)20(28)25-19-10-15-17(26-27-18(15)11-16(19)23)7-4-13-2-5-14(22)6-3-13;1-24-12-21(7-8-21)20(28)25-19-10-15-17(26-27-18(15)11-16(19)23)6-5-13-3-2-4-14(22)9-13;1-24-12-21(8-9-21)20(28)25-19-10-14-17(26-27-18(14)11-16(19)23)7-6-13-4-2-3-5-15(13)22;1-21-11-19(6-7-19)18(25)22-17-9-13-15(5-4-12-3-2-8-26-12)23-24-16(13)10-14(17)20;1-21-15-8-13(19)16(22(23)24)7-10(15)14(20-21)5-3-9-2-4-11(17)12(18)6-9/h2-7,10-11,24H,8-9,12H2,1H3,(H,25,28)(H,26,27);2-6,9-11,24H,7-8,12H2,1H3,(H,25,28)(H,26,27);2-7,10-11,24H,8-9,12H2,1H3,(H,25,28)(H,26,27);2-5,8-10,21H,6-7,11H2,1H3,(H,22,25)(H,23,24);2-8H,1H3/b7-4+;6-5+;7-6+;5-4+;5-3+. The number of H-pyrrole nitrogens is 4. The number of halogens is 10. The van der Waals surface area contributed by atoms with E-state index in [1.165, 1.54) is 77.5 Å². The van der Waals surface area contributed by atoms with Gasteiger partial charge in [-0.25, -0.2) is 39.5 Å². The molecule has 4 fully saturated rings. The Morgan fingerprint density at radius 2 is 0.776 bits per heavy atom. The number of aromatic amines is 4. The molecule has 4 saturated carbocycles. The van der Waals surface area contributed by atoms with Crippen LogP contribution in [0.4, 0.5) is 72.3 Å². The van der Waals surface area contributed by atoms with Gasteiger partial charge in [0.05, 0.1) is 105 Å². The van der Waals surface area contributed by atoms with Gasteiger partial charge in [0.1, 0.15) is 40.7 Å². The molecule has 12 N–H and O–H groups in total. The number of aromatic nitrogens is 10. The highest BCUT2D eigenvalue weighted by Gasteiger charge is 2.52. The molecule has 688 valence electrons. The topological polar surface area (TPSA) is 340 Å². The molecule has 4 aliphatic carbocycles. The Morgan fingerprint density at radius 3 is 1.16 bits per heavy atom. The van der Waals surface area contributed by atoms with Crippen molar-refractivity contribution in [2.75, 3.05) is 75.6 Å². The lowest BCUT2D eigenvalue weighted by atomic mass is 10.1. The van der Waals surface area contributed by atoms with Gasteiger partial charge in [-0.05, 0) is 217 Å². The molecule has 9 aromatic carbocycles. The number of fused-ring (bicyclic) bond motifs is 5. The lowest BCUT2D eigenvalue weighted by Crippen LogP contribution is -2.32. The zero-order chi connectivity index (χ0) is 94.8. The summed E-state index contributed by atoms with van der Waals surface area (Å²) in [5, 5.41) is 71.2. The number of anilines is 4. The van der Waals surface area contributed by atoms with Crippen LogP contribution in [0, 0.1) is 89.9 Å². The number of nitrogens with zero attached hydrogens (tertiary/aromatic N) is 7. The zero-order valence-corrected chi connectivity index (χ0v) is 73.5. The third-order valence-corrected chi connectivity index (χ3v) is 24.3. The second-order valence-corrected chi connectivity index (χ2v) is 34.1. The number of amides is 4. The van der Waals surface area contributed by atoms with Crippen LogP contribution in [0.5, 0.6) is 0 Å². The van der Waals surface area contributed by atoms with E-state index in [1.807, 2.05) is 36.7 Å². The molecule has 0 unspecified atom stereocenters. The quantitative estimate of drug-likeness (QED) is 0.0129. The summed E-state index contributed by atoms with van der Waals surface area (Å²) in [4.78, 5) is 61.3. The molecule has 0 bridgehead atoms. The van der Waals surface area contributed by atoms with Crippen molar-refractivity contribution in [2.24, 2.45) is 28.7 Å². The van der Waals surface area contributed by atoms with Crippen molar-refractivity contribution >= 4 is 179 Å². The third-order valence-electron chi connectivity index (χ3n) is 23.5. The highest BCUT2D eigenvalue weighted by atomic mass is 32.1. The minimum Gasteiger partial charge on any atom is -0.323 e. The number of nitrogens with one attached hydrogen (secondary N) is 12. The molecule has 19 rings (SSSR count). The van der Waals surface area contributed by atoms with E-state index in [0.29, 0.717) is 120 Å². The molecule has 25 nitrogen and oxygen atoms in total. The summed E-state index contributed by atoms with van der Waals surface area (Å²) < 4.78 is 139. The molecule has 0 spiro atoms. The van der Waals surface area contributed by atoms with E-state index in [0.717, 1.165) is 91.5 Å². The third kappa shape index (κ3) is 21.8. The number of nitro benzene ring substituents is 1. The average molecular weight is 1850 g/mol. The summed E-state index contributed by atoms with van der Waals surface area (Å²) in [6.45, 7) is 2.30. The minimum absolute atomic E-state index is 0.113. The van der Waals surface area contributed by atoms with Crippen LogP contribution in [-0.4, -0.2) is 133 Å². The van der Waals surface area contributed by atoms with E-state index in [-0.39, 0.29) is 63.8 Å². The number of rotatable bonds is 27. The first kappa shape index (κ1) is 93.8. The smallest absolute Gasteiger partial charge is 0.305 e. The molecule has 6 heterocycles. The van der Waals surface area contributed by atoms with E-state index in [9.17, 15) is 73.2 Å². The predicted octanol–water partition coefficient (Wildman–Crippen LogP) is 19.8. The summed E-state index contributed by atoms with van der Waals surface area (Å²) in [5.74, 6) is -6.57. The normalized spacial score (nSPS) is 14.6. The molecule has 0 radical (unpaired) electrons. The number of thiophene rings is 1. The van der Waals surface area contributed by atoms with Gasteiger partial charge >= 0.3 is 5.69 Å². The van der Waals surface area contributed by atoms with Crippen LogP contribution in [0.1, 0.15) is 107 Å². The summed E-state index contributed by atoms with van der Waals surface area (Å²) in [6.07, 6.45) is 23.5. The van der Waals surface area contributed by atoms with E-state index in [2.05, 4.69) is 88.4 Å². The first-order valence-electron chi connectivity index (χ1n) is 42.5. The van der Waals surface area contributed by atoms with Crippen molar-refractivity contribution in [1.82, 2.24) is 71.8 Å². The Kier molecular flexibility index (Phi) is 28.3. The second kappa shape index (κ2) is 40.5. The molecule has 134 heavy (non-hydrogen) atoms. The van der Waals surface area contributed by atoms with Crippen LogP contribution < -0.4 is 42.5 Å². The van der Waals surface area contributed by atoms with Crippen molar-refractivity contribution in [1.29, 1.82) is 0 Å². The molecule has 0 saturated heterocycles. The summed E-state index contributed by atoms with van der Waals surface area (Å²) in [7, 11) is 8.77. The van der Waals surface area contributed by atoms with Crippen molar-refractivity contribution < 1.29 is 68.0 Å².